The Bertz CT molecular complexity index is 251. The second-order valence-corrected chi connectivity index (χ2v) is 3.22. The molecule has 12 heavy (non-hydrogen) atoms. The number of ether oxygens (including phenoxy) is 1. The van der Waals surface area contributed by atoms with Gasteiger partial charge in [-0.1, -0.05) is 12.2 Å². The fraction of sp³-hybridized carbons (Fsp3) is 0.500. The second-order valence-electron chi connectivity index (χ2n) is 3.22. The molecule has 0 aromatic rings. The van der Waals surface area contributed by atoms with Gasteiger partial charge in [-0.25, -0.2) is 4.79 Å². The minimum atomic E-state index is -0.119. The van der Waals surface area contributed by atoms with Crippen LogP contribution in [0.1, 0.15) is 19.3 Å². The topological polar surface area (TPSA) is 26.3 Å². The fourth-order valence-electron chi connectivity index (χ4n) is 1.75. The van der Waals surface area contributed by atoms with E-state index in [9.17, 15) is 4.79 Å². The van der Waals surface area contributed by atoms with Crippen LogP contribution in [0.4, 0.5) is 0 Å². The molecule has 0 aromatic carbocycles. The first-order valence-electron chi connectivity index (χ1n) is 4.42. The Morgan fingerprint density at radius 2 is 2.42 bits per heavy atom. The Kier molecular flexibility index (Phi) is 1.98. The van der Waals surface area contributed by atoms with Crippen LogP contribution in [0.25, 0.3) is 0 Å². The van der Waals surface area contributed by atoms with E-state index in [2.05, 4.69) is 12.2 Å². The summed E-state index contributed by atoms with van der Waals surface area (Å²) < 4.78 is 4.85. The van der Waals surface area contributed by atoms with Crippen molar-refractivity contribution in [1.29, 1.82) is 0 Å². The van der Waals surface area contributed by atoms with Crippen molar-refractivity contribution < 1.29 is 9.53 Å². The molecule has 0 bridgehead atoms. The van der Waals surface area contributed by atoms with E-state index >= 15 is 0 Å². The molecular weight excluding hydrogens is 152 g/mol. The average Bonchev–Trinajstić information content (AvgIpc) is 2.53. The number of hydrogen-bond donors (Lipinski definition) is 0. The third-order valence-electron chi connectivity index (χ3n) is 2.41. The van der Waals surface area contributed by atoms with Gasteiger partial charge in [0.1, 0.15) is 6.61 Å². The van der Waals surface area contributed by atoms with Gasteiger partial charge in [-0.2, -0.15) is 0 Å². The molecule has 0 amide bonds. The van der Waals surface area contributed by atoms with E-state index in [4.69, 9.17) is 4.74 Å². The molecule has 1 aliphatic heterocycles. The first-order chi connectivity index (χ1) is 5.88. The third-order valence-corrected chi connectivity index (χ3v) is 2.41. The van der Waals surface area contributed by atoms with Gasteiger partial charge in [-0.3, -0.25) is 0 Å². The summed E-state index contributed by atoms with van der Waals surface area (Å²) >= 11 is 0. The monoisotopic (exact) mass is 164 g/mol. The summed E-state index contributed by atoms with van der Waals surface area (Å²) in [6.45, 7) is 0.471. The average molecular weight is 164 g/mol. The quantitative estimate of drug-likeness (QED) is 0.436. The molecule has 2 rings (SSSR count). The van der Waals surface area contributed by atoms with Gasteiger partial charge < -0.3 is 4.74 Å². The van der Waals surface area contributed by atoms with Crippen LogP contribution >= 0.6 is 0 Å². The number of esters is 1. The molecule has 2 heteroatoms. The van der Waals surface area contributed by atoms with Crippen molar-refractivity contribution in [3.05, 3.63) is 23.8 Å². The second kappa shape index (κ2) is 3.13. The first kappa shape index (κ1) is 7.59. The van der Waals surface area contributed by atoms with Gasteiger partial charge in [-0.15, -0.1) is 0 Å². The smallest absolute Gasteiger partial charge is 0.334 e. The largest absolute Gasteiger partial charge is 0.458 e. The fourth-order valence-corrected chi connectivity index (χ4v) is 1.75. The third kappa shape index (κ3) is 1.29. The van der Waals surface area contributed by atoms with Gasteiger partial charge in [0.25, 0.3) is 0 Å². The maximum atomic E-state index is 11.1. The van der Waals surface area contributed by atoms with E-state index in [1.807, 2.05) is 6.08 Å². The number of rotatable bonds is 1. The molecule has 0 N–H and O–H groups in total. The molecular formula is C10H12O2. The minimum absolute atomic E-state index is 0.119. The van der Waals surface area contributed by atoms with E-state index < -0.39 is 0 Å². The molecule has 2 nitrogen and oxygen atoms in total. The van der Waals surface area contributed by atoms with Crippen molar-refractivity contribution in [2.24, 2.45) is 5.92 Å². The van der Waals surface area contributed by atoms with Crippen molar-refractivity contribution in [2.75, 3.05) is 6.61 Å². The van der Waals surface area contributed by atoms with Gasteiger partial charge in [0.05, 0.1) is 0 Å². The van der Waals surface area contributed by atoms with Crippen LogP contribution in [0.5, 0.6) is 0 Å². The maximum Gasteiger partial charge on any atom is 0.334 e. The van der Waals surface area contributed by atoms with Gasteiger partial charge >= 0.3 is 5.97 Å². The molecule has 0 aromatic heterocycles. The van der Waals surface area contributed by atoms with Gasteiger partial charge in [0, 0.05) is 11.5 Å². The Morgan fingerprint density at radius 3 is 3.00 bits per heavy atom. The Balaban J connectivity index is 2.12. The summed E-state index contributed by atoms with van der Waals surface area (Å²) in [5.41, 5.74) is 0.867. The lowest BCUT2D eigenvalue weighted by Gasteiger charge is -2.15. The summed E-state index contributed by atoms with van der Waals surface area (Å²) in [6, 6.07) is 0. The zero-order chi connectivity index (χ0) is 8.39. The predicted molar refractivity (Wildman–Crippen MR) is 45.5 cm³/mol. The van der Waals surface area contributed by atoms with Crippen molar-refractivity contribution in [2.45, 2.75) is 19.3 Å². The molecule has 2 aliphatic rings. The molecule has 0 spiro atoms. The van der Waals surface area contributed by atoms with Crippen molar-refractivity contribution in [1.82, 2.24) is 0 Å². The van der Waals surface area contributed by atoms with Crippen molar-refractivity contribution >= 4 is 5.97 Å². The molecule has 0 radical (unpaired) electrons. The highest BCUT2D eigenvalue weighted by atomic mass is 16.5. The summed E-state index contributed by atoms with van der Waals surface area (Å²) in [5, 5.41) is 0. The lowest BCUT2D eigenvalue weighted by molar-refractivity contribution is -0.136. The molecule has 1 heterocycles. The van der Waals surface area contributed by atoms with Crippen LogP contribution < -0.4 is 0 Å². The zero-order valence-electron chi connectivity index (χ0n) is 6.95. The standard InChI is InChI=1S/C10H12O2/c11-10-9(6-7-12-10)8-4-2-1-3-5-8/h2,4,6,8H,1,3,5,7H2. The summed E-state index contributed by atoms with van der Waals surface area (Å²) in [4.78, 5) is 11.1. The number of carbonyl (C=O) groups is 1. The zero-order valence-corrected chi connectivity index (χ0v) is 6.95. The van der Waals surface area contributed by atoms with E-state index in [0.29, 0.717) is 12.5 Å². The minimum Gasteiger partial charge on any atom is -0.458 e. The Morgan fingerprint density at radius 1 is 1.50 bits per heavy atom. The van der Waals surface area contributed by atoms with Crippen LogP contribution in [0.15, 0.2) is 23.8 Å². The highest BCUT2D eigenvalue weighted by Gasteiger charge is 2.24. The van der Waals surface area contributed by atoms with Crippen LogP contribution in [-0.2, 0) is 9.53 Å². The Labute approximate surface area is 71.9 Å². The molecule has 1 atom stereocenters. The van der Waals surface area contributed by atoms with Gasteiger partial charge in [-0.05, 0) is 25.3 Å². The normalized spacial score (nSPS) is 28.5. The van der Waals surface area contributed by atoms with Crippen LogP contribution in [0, 0.1) is 5.92 Å². The van der Waals surface area contributed by atoms with E-state index in [1.54, 1.807) is 0 Å². The number of cyclic esters (lactones) is 1. The maximum absolute atomic E-state index is 11.1. The molecule has 0 saturated carbocycles. The summed E-state index contributed by atoms with van der Waals surface area (Å²) in [5.74, 6) is 0.209. The number of carbonyl (C=O) groups excluding carboxylic acids is 1. The van der Waals surface area contributed by atoms with Gasteiger partial charge in [0.2, 0.25) is 0 Å². The lowest BCUT2D eigenvalue weighted by Crippen LogP contribution is -2.10. The van der Waals surface area contributed by atoms with Crippen LogP contribution in [0.2, 0.25) is 0 Å². The van der Waals surface area contributed by atoms with Crippen LogP contribution in [-0.4, -0.2) is 12.6 Å². The lowest BCUT2D eigenvalue weighted by atomic mass is 9.89. The van der Waals surface area contributed by atoms with E-state index in [0.717, 1.165) is 18.4 Å². The highest BCUT2D eigenvalue weighted by molar-refractivity contribution is 5.91. The molecule has 0 fully saturated rings. The Hall–Kier alpha value is -1.05. The van der Waals surface area contributed by atoms with Crippen molar-refractivity contribution in [3.8, 4) is 0 Å². The molecule has 1 unspecified atom stereocenters. The number of hydrogen-bond acceptors (Lipinski definition) is 2. The van der Waals surface area contributed by atoms with Crippen molar-refractivity contribution in [3.63, 3.8) is 0 Å². The summed E-state index contributed by atoms with van der Waals surface area (Å²) in [7, 11) is 0. The van der Waals surface area contributed by atoms with E-state index in [-0.39, 0.29) is 5.97 Å². The number of allylic oxidation sites excluding steroid dienone is 2. The first-order valence-corrected chi connectivity index (χ1v) is 4.42. The SMILES string of the molecule is O=C1OCC=C1C1C=CCCC1. The predicted octanol–water partition coefficient (Wildman–Crippen LogP) is 1.83. The highest BCUT2D eigenvalue weighted by Crippen LogP contribution is 2.27. The van der Waals surface area contributed by atoms with Crippen LogP contribution in [0.3, 0.4) is 0 Å². The molecule has 0 saturated heterocycles. The molecule has 1 aliphatic carbocycles. The van der Waals surface area contributed by atoms with E-state index in [1.165, 1.54) is 6.42 Å². The summed E-state index contributed by atoms with van der Waals surface area (Å²) in [6.07, 6.45) is 9.62. The molecule has 64 valence electrons. The van der Waals surface area contributed by atoms with Gasteiger partial charge in [0.15, 0.2) is 0 Å².